The Morgan fingerprint density at radius 3 is 2.68 bits per heavy atom. The third-order valence-electron chi connectivity index (χ3n) is 4.84. The highest BCUT2D eigenvalue weighted by atomic mass is 32.1. The highest BCUT2D eigenvalue weighted by Gasteiger charge is 2.28. The first-order valence-electron chi connectivity index (χ1n) is 9.44. The van der Waals surface area contributed by atoms with Crippen LogP contribution in [0.1, 0.15) is 30.3 Å². The third-order valence-corrected chi connectivity index (χ3v) is 5.98. The molecule has 2 N–H and O–H groups in total. The minimum absolute atomic E-state index is 0.120. The summed E-state index contributed by atoms with van der Waals surface area (Å²) in [7, 11) is 0. The fourth-order valence-corrected chi connectivity index (χ4v) is 4.66. The fourth-order valence-electron chi connectivity index (χ4n) is 3.53. The maximum absolute atomic E-state index is 12.4. The van der Waals surface area contributed by atoms with Gasteiger partial charge in [0, 0.05) is 5.69 Å². The van der Waals surface area contributed by atoms with E-state index >= 15 is 0 Å². The van der Waals surface area contributed by atoms with Crippen LogP contribution in [-0.2, 0) is 4.79 Å². The van der Waals surface area contributed by atoms with E-state index in [4.69, 9.17) is 4.98 Å². The van der Waals surface area contributed by atoms with Crippen molar-refractivity contribution in [2.75, 3.05) is 18.4 Å². The van der Waals surface area contributed by atoms with Gasteiger partial charge in [0.05, 0.1) is 22.8 Å². The van der Waals surface area contributed by atoms with Gasteiger partial charge in [-0.15, -0.1) is 11.3 Å². The molecule has 1 aromatic heterocycles. The highest BCUT2D eigenvalue weighted by molar-refractivity contribution is 7.18. The van der Waals surface area contributed by atoms with Gasteiger partial charge in [0.15, 0.2) is 0 Å². The second kappa shape index (κ2) is 8.50. The van der Waals surface area contributed by atoms with Crippen LogP contribution < -0.4 is 10.6 Å². The first-order chi connectivity index (χ1) is 13.7. The maximum atomic E-state index is 12.4. The molecule has 1 saturated heterocycles. The zero-order valence-corrected chi connectivity index (χ0v) is 16.2. The van der Waals surface area contributed by atoms with Crippen molar-refractivity contribution in [2.24, 2.45) is 0 Å². The zero-order chi connectivity index (χ0) is 19.3. The molecular weight excluding hydrogens is 372 g/mol. The average molecular weight is 395 g/mol. The predicted octanol–water partition coefficient (Wildman–Crippen LogP) is 4.17. The number of nitrogens with zero attached hydrogens (tertiary/aromatic N) is 2. The van der Waals surface area contributed by atoms with Crippen molar-refractivity contribution in [2.45, 2.75) is 25.3 Å². The number of anilines is 1. The number of imide groups is 1. The van der Waals surface area contributed by atoms with Crippen LogP contribution in [0.4, 0.5) is 10.5 Å². The van der Waals surface area contributed by atoms with Crippen LogP contribution in [0.2, 0.25) is 0 Å². The van der Waals surface area contributed by atoms with Gasteiger partial charge in [-0.3, -0.25) is 15.0 Å². The SMILES string of the molecule is O=C(CN1CCCC[C@@H]1c1nc2ccccc2s1)NC(=O)Nc1ccccc1. The first kappa shape index (κ1) is 18.6. The minimum Gasteiger partial charge on any atom is -0.308 e. The predicted molar refractivity (Wildman–Crippen MR) is 111 cm³/mol. The van der Waals surface area contributed by atoms with Crippen LogP contribution in [0.5, 0.6) is 0 Å². The molecule has 0 saturated carbocycles. The van der Waals surface area contributed by atoms with Crippen molar-refractivity contribution >= 4 is 39.2 Å². The molecule has 1 atom stereocenters. The summed E-state index contributed by atoms with van der Waals surface area (Å²) in [5, 5.41) is 6.14. The van der Waals surface area contributed by atoms with E-state index in [1.165, 1.54) is 0 Å². The molecule has 3 amide bonds. The van der Waals surface area contributed by atoms with Crippen LogP contribution in [-0.4, -0.2) is 34.9 Å². The normalized spacial score (nSPS) is 17.4. The van der Waals surface area contributed by atoms with E-state index in [-0.39, 0.29) is 18.5 Å². The van der Waals surface area contributed by atoms with Crippen molar-refractivity contribution in [3.63, 3.8) is 0 Å². The van der Waals surface area contributed by atoms with Gasteiger partial charge in [-0.25, -0.2) is 9.78 Å². The molecule has 0 radical (unpaired) electrons. The number of nitrogens with one attached hydrogen (secondary N) is 2. The van der Waals surface area contributed by atoms with Crippen molar-refractivity contribution in [3.8, 4) is 0 Å². The molecule has 4 rings (SSSR count). The molecule has 6 nitrogen and oxygen atoms in total. The lowest BCUT2D eigenvalue weighted by Crippen LogP contribution is -2.44. The summed E-state index contributed by atoms with van der Waals surface area (Å²) in [5.74, 6) is -0.304. The molecule has 1 aliphatic rings. The third kappa shape index (κ3) is 4.37. The Labute approximate surface area is 167 Å². The molecule has 28 heavy (non-hydrogen) atoms. The number of carbonyl (C=O) groups is 2. The largest absolute Gasteiger partial charge is 0.325 e. The van der Waals surface area contributed by atoms with Gasteiger partial charge >= 0.3 is 6.03 Å². The minimum atomic E-state index is -0.509. The number of carbonyl (C=O) groups excluding carboxylic acids is 2. The number of thiazole rings is 1. The molecule has 3 aromatic rings. The molecule has 0 bridgehead atoms. The Bertz CT molecular complexity index is 940. The van der Waals surface area contributed by atoms with Crippen LogP contribution in [0.3, 0.4) is 0 Å². The standard InChI is InChI=1S/C21H22N4O2S/c26-19(24-21(27)22-15-8-2-1-3-9-15)14-25-13-7-6-11-17(25)20-23-16-10-4-5-12-18(16)28-20/h1-5,8-10,12,17H,6-7,11,13-14H2,(H2,22,24,26,27)/t17-/m1/s1. The van der Waals surface area contributed by atoms with Crippen molar-refractivity contribution < 1.29 is 9.59 Å². The quantitative estimate of drug-likeness (QED) is 0.696. The molecule has 2 aromatic carbocycles. The van der Waals surface area contributed by atoms with Gasteiger partial charge in [0.1, 0.15) is 5.01 Å². The summed E-state index contributed by atoms with van der Waals surface area (Å²) >= 11 is 1.69. The van der Waals surface area contributed by atoms with Gasteiger partial charge in [0.25, 0.3) is 0 Å². The van der Waals surface area contributed by atoms with E-state index in [9.17, 15) is 9.59 Å². The smallest absolute Gasteiger partial charge is 0.308 e. The molecule has 7 heteroatoms. The number of hydrogen-bond donors (Lipinski definition) is 2. The molecular formula is C21H22N4O2S. The van der Waals surface area contributed by atoms with Crippen LogP contribution >= 0.6 is 11.3 Å². The van der Waals surface area contributed by atoms with E-state index < -0.39 is 6.03 Å². The Balaban J connectivity index is 1.40. The summed E-state index contributed by atoms with van der Waals surface area (Å²) in [5.41, 5.74) is 1.65. The number of benzene rings is 2. The Morgan fingerprint density at radius 2 is 1.86 bits per heavy atom. The summed E-state index contributed by atoms with van der Waals surface area (Å²) in [6.45, 7) is 1.01. The topological polar surface area (TPSA) is 74.3 Å². The summed E-state index contributed by atoms with van der Waals surface area (Å²) < 4.78 is 1.16. The van der Waals surface area contributed by atoms with Crippen LogP contribution in [0.25, 0.3) is 10.2 Å². The number of aromatic nitrogens is 1. The van der Waals surface area contributed by atoms with E-state index in [2.05, 4.69) is 21.6 Å². The van der Waals surface area contributed by atoms with Gasteiger partial charge < -0.3 is 5.32 Å². The molecule has 0 unspecified atom stereocenters. The highest BCUT2D eigenvalue weighted by Crippen LogP contribution is 2.35. The molecule has 0 spiro atoms. The monoisotopic (exact) mass is 394 g/mol. The van der Waals surface area contributed by atoms with E-state index in [1.54, 1.807) is 23.5 Å². The summed E-state index contributed by atoms with van der Waals surface area (Å²) in [6, 6.07) is 16.8. The van der Waals surface area contributed by atoms with Crippen molar-refractivity contribution in [3.05, 3.63) is 59.6 Å². The van der Waals surface area contributed by atoms with Crippen LogP contribution in [0, 0.1) is 0 Å². The first-order valence-corrected chi connectivity index (χ1v) is 10.3. The number of fused-ring (bicyclic) bond motifs is 1. The number of amides is 3. The zero-order valence-electron chi connectivity index (χ0n) is 15.4. The molecule has 2 heterocycles. The number of para-hydroxylation sites is 2. The van der Waals surface area contributed by atoms with E-state index in [1.807, 2.05) is 36.4 Å². The lowest BCUT2D eigenvalue weighted by atomic mass is 10.0. The van der Waals surface area contributed by atoms with Crippen LogP contribution in [0.15, 0.2) is 54.6 Å². The summed E-state index contributed by atoms with van der Waals surface area (Å²) in [4.78, 5) is 31.4. The van der Waals surface area contributed by atoms with Crippen molar-refractivity contribution in [1.82, 2.24) is 15.2 Å². The molecule has 1 aliphatic heterocycles. The molecule has 144 valence electrons. The van der Waals surface area contributed by atoms with Crippen molar-refractivity contribution in [1.29, 1.82) is 0 Å². The second-order valence-corrected chi connectivity index (χ2v) is 7.93. The molecule has 1 fully saturated rings. The van der Waals surface area contributed by atoms with Gasteiger partial charge in [0.2, 0.25) is 5.91 Å². The number of likely N-dealkylation sites (tertiary alicyclic amines) is 1. The van der Waals surface area contributed by atoms with E-state index in [0.717, 1.165) is 41.0 Å². The summed E-state index contributed by atoms with van der Waals surface area (Å²) in [6.07, 6.45) is 3.14. The lowest BCUT2D eigenvalue weighted by Gasteiger charge is -2.33. The van der Waals surface area contributed by atoms with Gasteiger partial charge in [-0.1, -0.05) is 36.8 Å². The fraction of sp³-hybridized carbons (Fsp3) is 0.286. The Hall–Kier alpha value is -2.77. The van der Waals surface area contributed by atoms with E-state index in [0.29, 0.717) is 5.69 Å². The lowest BCUT2D eigenvalue weighted by molar-refractivity contribution is -0.122. The Kier molecular flexibility index (Phi) is 5.64. The second-order valence-electron chi connectivity index (χ2n) is 6.87. The van der Waals surface area contributed by atoms with Gasteiger partial charge in [-0.05, 0) is 43.7 Å². The number of rotatable bonds is 4. The average Bonchev–Trinajstić information content (AvgIpc) is 3.13. The number of piperidine rings is 1. The van der Waals surface area contributed by atoms with Gasteiger partial charge in [-0.2, -0.15) is 0 Å². The number of urea groups is 1. The molecule has 0 aliphatic carbocycles. The number of hydrogen-bond acceptors (Lipinski definition) is 5. The Morgan fingerprint density at radius 1 is 1.07 bits per heavy atom. The maximum Gasteiger partial charge on any atom is 0.325 e.